The van der Waals surface area contributed by atoms with Crippen LogP contribution in [0, 0.1) is 10.1 Å². The molecule has 9 nitrogen and oxygen atoms in total. The minimum absolute atomic E-state index is 0.160. The van der Waals surface area contributed by atoms with Crippen molar-refractivity contribution in [2.75, 3.05) is 6.61 Å². The van der Waals surface area contributed by atoms with Crippen LogP contribution in [0.1, 0.15) is 0 Å². The quantitative estimate of drug-likeness (QED) is 0.400. The van der Waals surface area contributed by atoms with Crippen molar-refractivity contribution in [2.24, 2.45) is 0 Å². The fourth-order valence-corrected chi connectivity index (χ4v) is 2.00. The van der Waals surface area contributed by atoms with Crippen LogP contribution in [0.2, 0.25) is 0 Å². The molecule has 5 atom stereocenters. The number of ether oxygens (including phenoxy) is 2. The Bertz CT molecular complexity index is 508. The number of benzene rings is 1. The van der Waals surface area contributed by atoms with E-state index in [4.69, 9.17) is 14.6 Å². The second-order valence-corrected chi connectivity index (χ2v) is 4.54. The summed E-state index contributed by atoms with van der Waals surface area (Å²) in [5.74, 6) is -0.160. The Morgan fingerprint density at radius 2 is 1.86 bits per heavy atom. The molecule has 2 rings (SSSR count). The van der Waals surface area contributed by atoms with E-state index in [0.717, 1.165) is 0 Å². The summed E-state index contributed by atoms with van der Waals surface area (Å²) in [5.41, 5.74) is -0.338. The number of nitro groups is 1. The number of hydrogen-bond donors (Lipinski definition) is 4. The summed E-state index contributed by atoms with van der Waals surface area (Å²) in [6.45, 7) is -0.609. The predicted octanol–water partition coefficient (Wildman–Crippen LogP) is -1.23. The lowest BCUT2D eigenvalue weighted by Crippen LogP contribution is -2.60. The summed E-state index contributed by atoms with van der Waals surface area (Å²) in [7, 11) is 0. The van der Waals surface area contributed by atoms with E-state index in [-0.39, 0.29) is 11.4 Å². The second kappa shape index (κ2) is 6.33. The van der Waals surface area contributed by atoms with Crippen molar-refractivity contribution < 1.29 is 34.8 Å². The van der Waals surface area contributed by atoms with Gasteiger partial charge in [-0.25, -0.2) is 0 Å². The number of aliphatic hydroxyl groups is 4. The first-order valence-electron chi connectivity index (χ1n) is 6.16. The van der Waals surface area contributed by atoms with Gasteiger partial charge in [-0.1, -0.05) is 12.1 Å². The number of nitrogens with zero attached hydrogens (tertiary/aromatic N) is 1. The lowest BCUT2D eigenvalue weighted by atomic mass is 9.99. The summed E-state index contributed by atoms with van der Waals surface area (Å²) >= 11 is 0. The van der Waals surface area contributed by atoms with E-state index in [1.165, 1.54) is 24.3 Å². The van der Waals surface area contributed by atoms with Gasteiger partial charge in [-0.15, -0.1) is 0 Å². The van der Waals surface area contributed by atoms with Crippen LogP contribution in [0.25, 0.3) is 0 Å². The van der Waals surface area contributed by atoms with Gasteiger partial charge in [0.25, 0.3) is 0 Å². The van der Waals surface area contributed by atoms with Crippen molar-refractivity contribution in [2.45, 2.75) is 30.7 Å². The maximum absolute atomic E-state index is 10.9. The van der Waals surface area contributed by atoms with E-state index in [0.29, 0.717) is 0 Å². The Hall–Kier alpha value is -1.78. The van der Waals surface area contributed by atoms with Crippen LogP contribution < -0.4 is 4.74 Å². The molecule has 21 heavy (non-hydrogen) atoms. The lowest BCUT2D eigenvalue weighted by Gasteiger charge is -2.39. The summed E-state index contributed by atoms with van der Waals surface area (Å²) in [6, 6.07) is 5.45. The molecule has 0 saturated carbocycles. The molecule has 4 N–H and O–H groups in total. The fourth-order valence-electron chi connectivity index (χ4n) is 2.00. The first-order chi connectivity index (χ1) is 9.95. The maximum Gasteiger partial charge on any atom is 0.311 e. The first-order valence-corrected chi connectivity index (χ1v) is 6.16. The molecule has 4 unspecified atom stereocenters. The molecule has 0 aliphatic carbocycles. The molecule has 1 aromatic carbocycles. The van der Waals surface area contributed by atoms with Gasteiger partial charge in [-0.2, -0.15) is 0 Å². The number of hydrogen-bond acceptors (Lipinski definition) is 8. The first kappa shape index (κ1) is 15.6. The van der Waals surface area contributed by atoms with E-state index >= 15 is 0 Å². The predicted molar refractivity (Wildman–Crippen MR) is 67.5 cm³/mol. The highest BCUT2D eigenvalue weighted by atomic mass is 16.7. The molecule has 1 heterocycles. The van der Waals surface area contributed by atoms with Crippen LogP contribution in [0.4, 0.5) is 5.69 Å². The SMILES string of the molecule is O=[N+]([O-])c1ccccc1OC1OC(CO)C(O)C(O)[C@@H]1O. The smallest absolute Gasteiger partial charge is 0.311 e. The van der Waals surface area contributed by atoms with Gasteiger partial charge in [0.2, 0.25) is 6.29 Å². The summed E-state index contributed by atoms with van der Waals surface area (Å²) in [5, 5.41) is 49.0. The summed E-state index contributed by atoms with van der Waals surface area (Å²) < 4.78 is 10.3. The van der Waals surface area contributed by atoms with E-state index in [1.54, 1.807) is 0 Å². The molecule has 0 spiro atoms. The molecule has 1 aliphatic rings. The topological polar surface area (TPSA) is 143 Å². The van der Waals surface area contributed by atoms with E-state index in [1.807, 2.05) is 0 Å². The van der Waals surface area contributed by atoms with Gasteiger partial charge in [-0.3, -0.25) is 10.1 Å². The average Bonchev–Trinajstić information content (AvgIpc) is 2.48. The van der Waals surface area contributed by atoms with Crippen molar-refractivity contribution >= 4 is 5.69 Å². The molecule has 0 bridgehead atoms. The summed E-state index contributed by atoms with van der Waals surface area (Å²) in [6.07, 6.45) is -7.35. The summed E-state index contributed by atoms with van der Waals surface area (Å²) in [4.78, 5) is 10.2. The van der Waals surface area contributed by atoms with Crippen LogP contribution in [0.3, 0.4) is 0 Å². The van der Waals surface area contributed by atoms with E-state index in [2.05, 4.69) is 0 Å². The third-order valence-corrected chi connectivity index (χ3v) is 3.15. The van der Waals surface area contributed by atoms with Crippen molar-refractivity contribution in [3.8, 4) is 5.75 Å². The second-order valence-electron chi connectivity index (χ2n) is 4.54. The number of rotatable bonds is 4. The zero-order valence-electron chi connectivity index (χ0n) is 10.8. The molecule has 0 amide bonds. The third kappa shape index (κ3) is 3.12. The Balaban J connectivity index is 2.20. The molecule has 116 valence electrons. The van der Waals surface area contributed by atoms with Crippen molar-refractivity contribution in [1.82, 2.24) is 0 Å². The van der Waals surface area contributed by atoms with Gasteiger partial charge >= 0.3 is 5.69 Å². The van der Waals surface area contributed by atoms with Crippen LogP contribution in [0.5, 0.6) is 5.75 Å². The average molecular weight is 301 g/mol. The van der Waals surface area contributed by atoms with Gasteiger partial charge in [0.05, 0.1) is 11.5 Å². The molecule has 0 aromatic heterocycles. The molecule has 1 fully saturated rings. The molecular formula is C12H15NO8. The van der Waals surface area contributed by atoms with Gasteiger partial charge in [0.1, 0.15) is 24.4 Å². The lowest BCUT2D eigenvalue weighted by molar-refractivity contribution is -0.387. The number of para-hydroxylation sites is 2. The maximum atomic E-state index is 10.9. The molecule has 9 heteroatoms. The normalized spacial score (nSPS) is 32.7. The Labute approximate surface area is 119 Å². The monoisotopic (exact) mass is 301 g/mol. The highest BCUT2D eigenvalue weighted by Crippen LogP contribution is 2.30. The van der Waals surface area contributed by atoms with Crippen LogP contribution in [0.15, 0.2) is 24.3 Å². The van der Waals surface area contributed by atoms with Gasteiger partial charge < -0.3 is 29.9 Å². The zero-order valence-corrected chi connectivity index (χ0v) is 10.8. The van der Waals surface area contributed by atoms with Crippen LogP contribution in [-0.2, 0) is 4.74 Å². The number of nitro benzene ring substituents is 1. The minimum atomic E-state index is -1.62. The van der Waals surface area contributed by atoms with Gasteiger partial charge in [0.15, 0.2) is 5.75 Å². The van der Waals surface area contributed by atoms with Crippen LogP contribution in [-0.4, -0.2) is 62.7 Å². The number of aliphatic hydroxyl groups excluding tert-OH is 4. The molecule has 0 radical (unpaired) electrons. The highest BCUT2D eigenvalue weighted by molar-refractivity contribution is 5.45. The van der Waals surface area contributed by atoms with E-state index < -0.39 is 42.2 Å². The van der Waals surface area contributed by atoms with Gasteiger partial charge in [0, 0.05) is 6.07 Å². The van der Waals surface area contributed by atoms with Gasteiger partial charge in [-0.05, 0) is 6.07 Å². The minimum Gasteiger partial charge on any atom is -0.455 e. The molecular weight excluding hydrogens is 286 g/mol. The third-order valence-electron chi connectivity index (χ3n) is 3.15. The van der Waals surface area contributed by atoms with E-state index in [9.17, 15) is 25.4 Å². The van der Waals surface area contributed by atoms with Crippen molar-refractivity contribution in [3.63, 3.8) is 0 Å². The zero-order chi connectivity index (χ0) is 15.6. The van der Waals surface area contributed by atoms with Crippen LogP contribution >= 0.6 is 0 Å². The molecule has 1 aliphatic heterocycles. The standard InChI is InChI=1S/C12H15NO8/c14-5-8-9(15)10(16)11(17)12(21-8)20-7-4-2-1-3-6(7)13(18)19/h1-4,8-12,14-17H,5H2/t8?,9?,10?,11-,12?/m0/s1. The Morgan fingerprint density at radius 3 is 2.48 bits per heavy atom. The largest absolute Gasteiger partial charge is 0.455 e. The highest BCUT2D eigenvalue weighted by Gasteiger charge is 2.45. The molecule has 1 saturated heterocycles. The van der Waals surface area contributed by atoms with Crippen molar-refractivity contribution in [1.29, 1.82) is 0 Å². The fraction of sp³-hybridized carbons (Fsp3) is 0.500. The van der Waals surface area contributed by atoms with Crippen molar-refractivity contribution in [3.05, 3.63) is 34.4 Å². The Kier molecular flexibility index (Phi) is 4.70. The molecule has 1 aromatic rings. The Morgan fingerprint density at radius 1 is 1.19 bits per heavy atom.